The Kier molecular flexibility index (Phi) is 6.36. The maximum atomic E-state index is 12.1. The molecule has 0 spiro atoms. The number of halogens is 1. The number of benzene rings is 2. The van der Waals surface area contributed by atoms with Crippen LogP contribution in [0.25, 0.3) is 0 Å². The van der Waals surface area contributed by atoms with Gasteiger partial charge in [0.05, 0.1) is 16.9 Å². The molecule has 2 aromatic carbocycles. The Balaban J connectivity index is 1.52. The number of thiazole rings is 1. The lowest BCUT2D eigenvalue weighted by atomic mass is 10.2. The highest BCUT2D eigenvalue weighted by molar-refractivity contribution is 9.10. The largest absolute Gasteiger partial charge is 0.489 e. The van der Waals surface area contributed by atoms with E-state index in [1.807, 2.05) is 62.4 Å². The van der Waals surface area contributed by atoms with Gasteiger partial charge in [-0.1, -0.05) is 28.1 Å². The maximum Gasteiger partial charge on any atom is 0.283 e. The number of aryl methyl sites for hydroxylation is 2. The third-order valence-electron chi connectivity index (χ3n) is 3.69. The Morgan fingerprint density at radius 1 is 1.19 bits per heavy atom. The van der Waals surface area contributed by atoms with Gasteiger partial charge in [0.25, 0.3) is 5.91 Å². The number of nitrogens with one attached hydrogen (secondary N) is 1. The summed E-state index contributed by atoms with van der Waals surface area (Å²) in [5.41, 5.74) is 5.21. The lowest BCUT2D eigenvalue weighted by Crippen LogP contribution is -2.17. The first kappa shape index (κ1) is 19.3. The van der Waals surface area contributed by atoms with E-state index >= 15 is 0 Å². The predicted molar refractivity (Wildman–Crippen MR) is 112 cm³/mol. The number of rotatable bonds is 6. The van der Waals surface area contributed by atoms with Crippen molar-refractivity contribution < 1.29 is 9.53 Å². The van der Waals surface area contributed by atoms with E-state index in [9.17, 15) is 4.79 Å². The van der Waals surface area contributed by atoms with Crippen LogP contribution in [-0.4, -0.2) is 17.1 Å². The molecular formula is C20H18BrN3O2S. The highest BCUT2D eigenvalue weighted by Gasteiger charge is 2.12. The van der Waals surface area contributed by atoms with Crippen LogP contribution in [0.15, 0.2) is 58.1 Å². The Hall–Kier alpha value is -2.51. The standard InChI is InChI=1S/C20H18BrN3O2S/c1-13-19(27-14(2)23-13)20(25)24-22-11-15-5-9-18(10-6-15)26-12-16-3-7-17(21)8-4-16/h3-11H,12H2,1-2H3,(H,24,25)/b22-11+. The third kappa shape index (κ3) is 5.48. The van der Waals surface area contributed by atoms with Crippen LogP contribution in [0.5, 0.6) is 5.75 Å². The maximum absolute atomic E-state index is 12.1. The van der Waals surface area contributed by atoms with Crippen LogP contribution in [0, 0.1) is 13.8 Å². The fourth-order valence-corrected chi connectivity index (χ4v) is 3.43. The number of hydrazone groups is 1. The summed E-state index contributed by atoms with van der Waals surface area (Å²) in [6.45, 7) is 4.19. The summed E-state index contributed by atoms with van der Waals surface area (Å²) < 4.78 is 6.81. The van der Waals surface area contributed by atoms with Crippen molar-refractivity contribution in [2.24, 2.45) is 5.10 Å². The summed E-state index contributed by atoms with van der Waals surface area (Å²) in [4.78, 5) is 16.9. The van der Waals surface area contributed by atoms with Gasteiger partial charge >= 0.3 is 0 Å². The molecule has 1 N–H and O–H groups in total. The zero-order chi connectivity index (χ0) is 19.2. The lowest BCUT2D eigenvalue weighted by Gasteiger charge is -2.06. The molecule has 0 saturated carbocycles. The van der Waals surface area contributed by atoms with Crippen molar-refractivity contribution in [2.45, 2.75) is 20.5 Å². The summed E-state index contributed by atoms with van der Waals surface area (Å²) >= 11 is 4.77. The number of ether oxygens (including phenoxy) is 1. The monoisotopic (exact) mass is 443 g/mol. The minimum absolute atomic E-state index is 0.246. The predicted octanol–water partition coefficient (Wildman–Crippen LogP) is 4.87. The molecule has 0 saturated heterocycles. The Bertz CT molecular complexity index is 950. The molecule has 0 aliphatic heterocycles. The molecule has 7 heteroatoms. The highest BCUT2D eigenvalue weighted by Crippen LogP contribution is 2.17. The van der Waals surface area contributed by atoms with E-state index in [-0.39, 0.29) is 5.91 Å². The summed E-state index contributed by atoms with van der Waals surface area (Å²) in [6.07, 6.45) is 1.60. The number of carbonyl (C=O) groups is 1. The van der Waals surface area contributed by atoms with Crippen molar-refractivity contribution in [3.8, 4) is 5.75 Å². The second-order valence-electron chi connectivity index (χ2n) is 5.83. The number of nitrogens with zero attached hydrogens (tertiary/aromatic N) is 2. The molecule has 1 heterocycles. The van der Waals surface area contributed by atoms with Crippen LogP contribution in [-0.2, 0) is 6.61 Å². The van der Waals surface area contributed by atoms with E-state index in [2.05, 4.69) is 31.4 Å². The van der Waals surface area contributed by atoms with E-state index in [0.29, 0.717) is 11.5 Å². The van der Waals surface area contributed by atoms with Gasteiger partial charge in [-0.15, -0.1) is 11.3 Å². The minimum atomic E-state index is -0.246. The van der Waals surface area contributed by atoms with Crippen molar-refractivity contribution in [3.63, 3.8) is 0 Å². The zero-order valence-electron chi connectivity index (χ0n) is 14.9. The van der Waals surface area contributed by atoms with Crippen LogP contribution in [0.4, 0.5) is 0 Å². The number of amides is 1. The van der Waals surface area contributed by atoms with Gasteiger partial charge in [-0.3, -0.25) is 4.79 Å². The fourth-order valence-electron chi connectivity index (χ4n) is 2.36. The Morgan fingerprint density at radius 2 is 1.89 bits per heavy atom. The number of aromatic nitrogens is 1. The SMILES string of the molecule is Cc1nc(C)c(C(=O)N/N=C/c2ccc(OCc3ccc(Br)cc3)cc2)s1. The van der Waals surface area contributed by atoms with Gasteiger partial charge in [0.2, 0.25) is 0 Å². The van der Waals surface area contributed by atoms with Crippen LogP contribution in [0.3, 0.4) is 0 Å². The van der Waals surface area contributed by atoms with Crippen molar-refractivity contribution in [2.75, 3.05) is 0 Å². The minimum Gasteiger partial charge on any atom is -0.489 e. The molecule has 3 aromatic rings. The van der Waals surface area contributed by atoms with Gasteiger partial charge in [0, 0.05) is 4.47 Å². The fraction of sp³-hybridized carbons (Fsp3) is 0.150. The summed E-state index contributed by atoms with van der Waals surface area (Å²) in [5, 5.41) is 4.87. The van der Waals surface area contributed by atoms with Crippen LogP contribution >= 0.6 is 27.3 Å². The molecule has 1 amide bonds. The molecule has 5 nitrogen and oxygen atoms in total. The normalized spacial score (nSPS) is 10.9. The number of hydrogen-bond donors (Lipinski definition) is 1. The third-order valence-corrected chi connectivity index (χ3v) is 5.29. The topological polar surface area (TPSA) is 63.6 Å². The van der Waals surface area contributed by atoms with Gasteiger partial charge in [0.1, 0.15) is 17.2 Å². The quantitative estimate of drug-likeness (QED) is 0.436. The molecule has 0 aliphatic carbocycles. The van der Waals surface area contributed by atoms with Gasteiger partial charge < -0.3 is 4.74 Å². The van der Waals surface area contributed by atoms with Gasteiger partial charge in [-0.2, -0.15) is 5.10 Å². The Labute approximate surface area is 170 Å². The molecule has 27 heavy (non-hydrogen) atoms. The van der Waals surface area contributed by atoms with Crippen LogP contribution in [0.1, 0.15) is 31.5 Å². The average molecular weight is 444 g/mol. The smallest absolute Gasteiger partial charge is 0.283 e. The van der Waals surface area contributed by atoms with E-state index in [0.717, 1.165) is 32.1 Å². The first-order chi connectivity index (χ1) is 13.0. The van der Waals surface area contributed by atoms with Gasteiger partial charge in [-0.05, 0) is 61.4 Å². The molecule has 0 aliphatic rings. The summed E-state index contributed by atoms with van der Waals surface area (Å²) in [7, 11) is 0. The molecule has 0 atom stereocenters. The van der Waals surface area contributed by atoms with E-state index in [1.165, 1.54) is 11.3 Å². The first-order valence-electron chi connectivity index (χ1n) is 8.26. The molecule has 138 valence electrons. The van der Waals surface area contributed by atoms with E-state index < -0.39 is 0 Å². The lowest BCUT2D eigenvalue weighted by molar-refractivity contribution is 0.0958. The van der Waals surface area contributed by atoms with Crippen LogP contribution < -0.4 is 10.2 Å². The zero-order valence-corrected chi connectivity index (χ0v) is 17.3. The van der Waals surface area contributed by atoms with E-state index in [1.54, 1.807) is 6.21 Å². The van der Waals surface area contributed by atoms with Crippen molar-refractivity contribution in [3.05, 3.63) is 79.7 Å². The number of hydrogen-bond acceptors (Lipinski definition) is 5. The van der Waals surface area contributed by atoms with Crippen molar-refractivity contribution in [1.82, 2.24) is 10.4 Å². The summed E-state index contributed by atoms with van der Waals surface area (Å²) in [6, 6.07) is 15.5. The summed E-state index contributed by atoms with van der Waals surface area (Å²) in [5.74, 6) is 0.527. The molecule has 1 aromatic heterocycles. The van der Waals surface area contributed by atoms with E-state index in [4.69, 9.17) is 4.74 Å². The van der Waals surface area contributed by atoms with Crippen LogP contribution in [0.2, 0.25) is 0 Å². The molecule has 0 radical (unpaired) electrons. The second-order valence-corrected chi connectivity index (χ2v) is 7.95. The molecular weight excluding hydrogens is 426 g/mol. The van der Waals surface area contributed by atoms with Crippen molar-refractivity contribution >= 4 is 39.4 Å². The highest BCUT2D eigenvalue weighted by atomic mass is 79.9. The molecule has 0 unspecified atom stereocenters. The molecule has 0 fully saturated rings. The molecule has 3 rings (SSSR count). The second kappa shape index (κ2) is 8.92. The van der Waals surface area contributed by atoms with Crippen molar-refractivity contribution in [1.29, 1.82) is 0 Å². The molecule has 0 bridgehead atoms. The van der Waals surface area contributed by atoms with Gasteiger partial charge in [0.15, 0.2) is 0 Å². The average Bonchev–Trinajstić information content (AvgIpc) is 3.00. The van der Waals surface area contributed by atoms with Gasteiger partial charge in [-0.25, -0.2) is 10.4 Å². The first-order valence-corrected chi connectivity index (χ1v) is 9.87. The number of carbonyl (C=O) groups excluding carboxylic acids is 1. The Morgan fingerprint density at radius 3 is 2.52 bits per heavy atom.